The maximum Gasteiger partial charge on any atom is 0.340 e. The molecule has 0 saturated heterocycles. The highest BCUT2D eigenvalue weighted by Gasteiger charge is 2.14. The summed E-state index contributed by atoms with van der Waals surface area (Å²) in [5.74, 6) is -0.425. The first-order chi connectivity index (χ1) is 10.7. The molecule has 6 nitrogen and oxygen atoms in total. The molecule has 0 atom stereocenters. The highest BCUT2D eigenvalue weighted by atomic mass is 79.9. The number of para-hydroxylation sites is 1. The molecule has 0 fully saturated rings. The highest BCUT2D eigenvalue weighted by molar-refractivity contribution is 9.10. The Morgan fingerprint density at radius 1 is 1.18 bits per heavy atom. The molecular formula is C15H11BrN4O2. The number of esters is 1. The van der Waals surface area contributed by atoms with Crippen molar-refractivity contribution in [1.29, 1.82) is 0 Å². The molecule has 22 heavy (non-hydrogen) atoms. The summed E-state index contributed by atoms with van der Waals surface area (Å²) >= 11 is 3.39. The Morgan fingerprint density at radius 3 is 2.82 bits per heavy atom. The lowest BCUT2D eigenvalue weighted by Gasteiger charge is -2.09. The topological polar surface area (TPSA) is 69.9 Å². The van der Waals surface area contributed by atoms with Gasteiger partial charge in [-0.1, -0.05) is 40.2 Å². The van der Waals surface area contributed by atoms with E-state index < -0.39 is 5.97 Å². The SMILES string of the molecule is O=C(OCc1cccc(Br)c1)c1ccccc1-n1cnnn1. The van der Waals surface area contributed by atoms with Crippen molar-refractivity contribution in [2.45, 2.75) is 6.61 Å². The van der Waals surface area contributed by atoms with Gasteiger partial charge in [0.25, 0.3) is 0 Å². The van der Waals surface area contributed by atoms with Crippen molar-refractivity contribution in [3.05, 3.63) is 70.5 Å². The molecule has 0 amide bonds. The molecule has 2 aromatic carbocycles. The molecule has 0 radical (unpaired) electrons. The van der Waals surface area contributed by atoms with Crippen LogP contribution in [0.5, 0.6) is 0 Å². The van der Waals surface area contributed by atoms with Crippen LogP contribution in [0.15, 0.2) is 59.3 Å². The Bertz CT molecular complexity index is 790. The van der Waals surface area contributed by atoms with E-state index in [1.54, 1.807) is 18.2 Å². The fourth-order valence-corrected chi connectivity index (χ4v) is 2.42. The van der Waals surface area contributed by atoms with E-state index in [-0.39, 0.29) is 6.61 Å². The van der Waals surface area contributed by atoms with Crippen molar-refractivity contribution in [3.63, 3.8) is 0 Å². The van der Waals surface area contributed by atoms with Crippen LogP contribution in [0.2, 0.25) is 0 Å². The molecule has 3 rings (SSSR count). The van der Waals surface area contributed by atoms with Gasteiger partial charge in [0.1, 0.15) is 12.9 Å². The number of rotatable bonds is 4. The first-order valence-electron chi connectivity index (χ1n) is 6.48. The third-order valence-corrected chi connectivity index (χ3v) is 3.47. The Kier molecular flexibility index (Phi) is 4.24. The molecule has 0 aliphatic heterocycles. The summed E-state index contributed by atoms with van der Waals surface area (Å²) in [5.41, 5.74) is 1.89. The van der Waals surface area contributed by atoms with Crippen LogP contribution in [0.3, 0.4) is 0 Å². The third kappa shape index (κ3) is 3.20. The molecular weight excluding hydrogens is 348 g/mol. The quantitative estimate of drug-likeness (QED) is 0.670. The molecule has 1 aromatic heterocycles. The number of hydrogen-bond donors (Lipinski definition) is 0. The molecule has 0 aliphatic rings. The maximum atomic E-state index is 12.3. The van der Waals surface area contributed by atoms with Crippen LogP contribution in [-0.4, -0.2) is 26.2 Å². The average molecular weight is 359 g/mol. The van der Waals surface area contributed by atoms with Gasteiger partial charge >= 0.3 is 5.97 Å². The number of ether oxygens (including phenoxy) is 1. The smallest absolute Gasteiger partial charge is 0.340 e. The zero-order chi connectivity index (χ0) is 15.4. The van der Waals surface area contributed by atoms with Crippen LogP contribution in [0.25, 0.3) is 5.69 Å². The van der Waals surface area contributed by atoms with E-state index in [0.717, 1.165) is 10.0 Å². The fourth-order valence-electron chi connectivity index (χ4n) is 1.97. The van der Waals surface area contributed by atoms with Crippen molar-refractivity contribution < 1.29 is 9.53 Å². The minimum absolute atomic E-state index is 0.197. The molecule has 0 aliphatic carbocycles. The number of tetrazole rings is 1. The number of halogens is 1. The van der Waals surface area contributed by atoms with Crippen molar-refractivity contribution >= 4 is 21.9 Å². The lowest BCUT2D eigenvalue weighted by molar-refractivity contribution is 0.0472. The number of carbonyl (C=O) groups excluding carboxylic acids is 1. The lowest BCUT2D eigenvalue weighted by Crippen LogP contribution is -2.10. The minimum atomic E-state index is -0.425. The van der Waals surface area contributed by atoms with Gasteiger partial charge in [0, 0.05) is 4.47 Å². The van der Waals surface area contributed by atoms with E-state index in [1.807, 2.05) is 30.3 Å². The van der Waals surface area contributed by atoms with Gasteiger partial charge in [-0.25, -0.2) is 4.79 Å². The van der Waals surface area contributed by atoms with Crippen molar-refractivity contribution in [2.24, 2.45) is 0 Å². The number of aromatic nitrogens is 4. The molecule has 0 saturated carbocycles. The number of carbonyl (C=O) groups is 1. The Balaban J connectivity index is 1.78. The predicted molar refractivity (Wildman–Crippen MR) is 82.4 cm³/mol. The summed E-state index contributed by atoms with van der Waals surface area (Å²) < 4.78 is 7.73. The van der Waals surface area contributed by atoms with Gasteiger partial charge in [-0.15, -0.1) is 5.10 Å². The third-order valence-electron chi connectivity index (χ3n) is 2.98. The Hall–Kier alpha value is -2.54. The summed E-state index contributed by atoms with van der Waals surface area (Å²) in [5, 5.41) is 11.0. The molecule has 1 heterocycles. The van der Waals surface area contributed by atoms with Gasteiger partial charge < -0.3 is 4.74 Å². The normalized spacial score (nSPS) is 10.4. The van der Waals surface area contributed by atoms with Crippen molar-refractivity contribution in [3.8, 4) is 5.69 Å². The second-order valence-corrected chi connectivity index (χ2v) is 5.39. The molecule has 0 N–H and O–H groups in total. The van der Waals surface area contributed by atoms with Crippen LogP contribution < -0.4 is 0 Å². The zero-order valence-corrected chi connectivity index (χ0v) is 13.0. The molecule has 110 valence electrons. The Morgan fingerprint density at radius 2 is 2.05 bits per heavy atom. The standard InChI is InChI=1S/C15H11BrN4O2/c16-12-5-3-4-11(8-12)9-22-15(21)13-6-1-2-7-14(13)20-10-17-18-19-20/h1-8,10H,9H2. The van der Waals surface area contributed by atoms with E-state index in [4.69, 9.17) is 4.74 Å². The zero-order valence-electron chi connectivity index (χ0n) is 11.4. The lowest BCUT2D eigenvalue weighted by atomic mass is 10.2. The largest absolute Gasteiger partial charge is 0.457 e. The van der Waals surface area contributed by atoms with Gasteiger partial charge in [-0.05, 0) is 40.3 Å². The first kappa shape index (κ1) is 14.4. The van der Waals surface area contributed by atoms with Crippen molar-refractivity contribution in [2.75, 3.05) is 0 Å². The van der Waals surface area contributed by atoms with Crippen LogP contribution in [-0.2, 0) is 11.3 Å². The fraction of sp³-hybridized carbons (Fsp3) is 0.0667. The molecule has 7 heteroatoms. The molecule has 0 unspecified atom stereocenters. The van der Waals surface area contributed by atoms with Gasteiger partial charge in [-0.3, -0.25) is 0 Å². The Labute approximate surface area is 134 Å². The summed E-state index contributed by atoms with van der Waals surface area (Å²) in [6.45, 7) is 0.197. The molecule has 3 aromatic rings. The van der Waals surface area contributed by atoms with Gasteiger partial charge in [0.05, 0.1) is 11.3 Å². The van der Waals surface area contributed by atoms with Gasteiger partial charge in [0.15, 0.2) is 0 Å². The molecule has 0 spiro atoms. The van der Waals surface area contributed by atoms with E-state index in [0.29, 0.717) is 11.3 Å². The second kappa shape index (κ2) is 6.48. The number of benzene rings is 2. The number of hydrogen-bond acceptors (Lipinski definition) is 5. The first-order valence-corrected chi connectivity index (χ1v) is 7.27. The summed E-state index contributed by atoms with van der Waals surface area (Å²) in [4.78, 5) is 12.3. The second-order valence-electron chi connectivity index (χ2n) is 4.48. The van der Waals surface area contributed by atoms with E-state index in [1.165, 1.54) is 11.0 Å². The van der Waals surface area contributed by atoms with E-state index >= 15 is 0 Å². The maximum absolute atomic E-state index is 12.3. The van der Waals surface area contributed by atoms with Crippen molar-refractivity contribution in [1.82, 2.24) is 20.2 Å². The van der Waals surface area contributed by atoms with Crippen LogP contribution in [0.4, 0.5) is 0 Å². The van der Waals surface area contributed by atoms with Crippen LogP contribution in [0.1, 0.15) is 15.9 Å². The predicted octanol–water partition coefficient (Wildman–Crippen LogP) is 2.78. The van der Waals surface area contributed by atoms with E-state index in [2.05, 4.69) is 31.5 Å². The van der Waals surface area contributed by atoms with E-state index in [9.17, 15) is 4.79 Å². The summed E-state index contributed by atoms with van der Waals surface area (Å²) in [6.07, 6.45) is 1.43. The molecule has 0 bridgehead atoms. The summed E-state index contributed by atoms with van der Waals surface area (Å²) in [7, 11) is 0. The minimum Gasteiger partial charge on any atom is -0.457 e. The van der Waals surface area contributed by atoms with Crippen LogP contribution >= 0.6 is 15.9 Å². The average Bonchev–Trinajstić information content (AvgIpc) is 3.07. The van der Waals surface area contributed by atoms with Gasteiger partial charge in [-0.2, -0.15) is 4.68 Å². The van der Waals surface area contributed by atoms with Crippen LogP contribution in [0, 0.1) is 0 Å². The highest BCUT2D eigenvalue weighted by Crippen LogP contribution is 2.16. The van der Waals surface area contributed by atoms with Gasteiger partial charge in [0.2, 0.25) is 0 Å². The number of nitrogens with zero attached hydrogens (tertiary/aromatic N) is 4. The summed E-state index contributed by atoms with van der Waals surface area (Å²) in [6, 6.07) is 14.6. The monoisotopic (exact) mass is 358 g/mol.